The molecule has 5 atom stereocenters. The van der Waals surface area contributed by atoms with Gasteiger partial charge in [0.25, 0.3) is 0 Å². The van der Waals surface area contributed by atoms with Crippen LogP contribution < -0.4 is 0 Å². The zero-order valence-corrected chi connectivity index (χ0v) is 28.0. The van der Waals surface area contributed by atoms with Crippen LogP contribution in [-0.4, -0.2) is 77.1 Å². The number of carbonyl (C=O) groups excluding carboxylic acids is 2. The lowest BCUT2D eigenvalue weighted by molar-refractivity contribution is -0.157. The van der Waals surface area contributed by atoms with Crippen LogP contribution in [0.1, 0.15) is 88.3 Å². The SMILES string of the molecule is CC[C@@H](CN(C)S(=O)(=O)C1CC1)N1C(=O)[C@@](C)(CC(=O)CCCC(O)CO)C[C@H](c2cccc(Cl)c2)C1c1ccc(Cl)cc1. The molecule has 1 saturated heterocycles. The number of nitrogens with zero attached hydrogens (tertiary/aromatic N) is 2. The molecular formula is C33H44Cl2N2O6S. The lowest BCUT2D eigenvalue weighted by Gasteiger charge is -2.52. The summed E-state index contributed by atoms with van der Waals surface area (Å²) < 4.78 is 27.7. The maximum Gasteiger partial charge on any atom is 0.229 e. The summed E-state index contributed by atoms with van der Waals surface area (Å²) in [6, 6.07) is 14.0. The molecular weight excluding hydrogens is 623 g/mol. The third-order valence-corrected chi connectivity index (χ3v) is 11.9. The van der Waals surface area contributed by atoms with Gasteiger partial charge in [0.2, 0.25) is 15.9 Å². The largest absolute Gasteiger partial charge is 0.394 e. The molecule has 4 rings (SSSR count). The lowest BCUT2D eigenvalue weighted by atomic mass is 9.66. The van der Waals surface area contributed by atoms with E-state index in [2.05, 4.69) is 0 Å². The molecule has 1 saturated carbocycles. The number of amides is 1. The Morgan fingerprint density at radius 2 is 1.80 bits per heavy atom. The highest BCUT2D eigenvalue weighted by atomic mass is 35.5. The number of aliphatic hydroxyl groups excluding tert-OH is 2. The number of aliphatic hydroxyl groups is 2. The predicted molar refractivity (Wildman–Crippen MR) is 173 cm³/mol. The fraction of sp³-hybridized carbons (Fsp3) is 0.576. The molecule has 2 fully saturated rings. The van der Waals surface area contributed by atoms with Gasteiger partial charge in [0.15, 0.2) is 0 Å². The Morgan fingerprint density at radius 1 is 1.11 bits per heavy atom. The van der Waals surface area contributed by atoms with Gasteiger partial charge in [-0.25, -0.2) is 12.7 Å². The highest BCUT2D eigenvalue weighted by Crippen LogP contribution is 2.52. The fourth-order valence-electron chi connectivity index (χ4n) is 6.53. The maximum atomic E-state index is 14.8. The van der Waals surface area contributed by atoms with Crippen molar-refractivity contribution < 1.29 is 28.2 Å². The van der Waals surface area contributed by atoms with Crippen molar-refractivity contribution in [1.82, 2.24) is 9.21 Å². The first kappa shape index (κ1) is 34.9. The van der Waals surface area contributed by atoms with Crippen molar-refractivity contribution in [2.45, 2.75) is 94.6 Å². The highest BCUT2D eigenvalue weighted by molar-refractivity contribution is 7.90. The Bertz CT molecular complexity index is 1420. The molecule has 8 nitrogen and oxygen atoms in total. The zero-order chi connectivity index (χ0) is 32.2. The van der Waals surface area contributed by atoms with Gasteiger partial charge in [-0.2, -0.15) is 0 Å². The molecule has 1 aliphatic carbocycles. The second kappa shape index (κ2) is 14.6. The van der Waals surface area contributed by atoms with Crippen molar-refractivity contribution in [2.75, 3.05) is 20.2 Å². The van der Waals surface area contributed by atoms with Crippen LogP contribution in [0.3, 0.4) is 0 Å². The predicted octanol–water partition coefficient (Wildman–Crippen LogP) is 5.74. The number of hydrogen-bond donors (Lipinski definition) is 2. The van der Waals surface area contributed by atoms with Crippen molar-refractivity contribution in [1.29, 1.82) is 0 Å². The van der Waals surface area contributed by atoms with Crippen LogP contribution in [-0.2, 0) is 19.6 Å². The lowest BCUT2D eigenvalue weighted by Crippen LogP contribution is -2.58. The Kier molecular flexibility index (Phi) is 11.6. The second-order valence-electron chi connectivity index (χ2n) is 12.7. The molecule has 0 aromatic heterocycles. The summed E-state index contributed by atoms with van der Waals surface area (Å²) >= 11 is 12.7. The van der Waals surface area contributed by atoms with Gasteiger partial charge in [-0.15, -0.1) is 0 Å². The Morgan fingerprint density at radius 3 is 2.39 bits per heavy atom. The maximum absolute atomic E-state index is 14.8. The quantitative estimate of drug-likeness (QED) is 0.250. The first-order valence-electron chi connectivity index (χ1n) is 15.4. The van der Waals surface area contributed by atoms with E-state index in [1.165, 1.54) is 4.31 Å². The van der Waals surface area contributed by atoms with Gasteiger partial charge in [0, 0.05) is 48.4 Å². The molecule has 0 spiro atoms. The summed E-state index contributed by atoms with van der Waals surface area (Å²) in [5.74, 6) is -0.535. The minimum Gasteiger partial charge on any atom is -0.394 e. The van der Waals surface area contributed by atoms with Crippen LogP contribution in [0.5, 0.6) is 0 Å². The summed E-state index contributed by atoms with van der Waals surface area (Å²) in [7, 11) is -1.90. The molecule has 1 heterocycles. The van der Waals surface area contributed by atoms with Gasteiger partial charge in [0.1, 0.15) is 5.78 Å². The molecule has 2 aliphatic rings. The number of benzene rings is 2. The van der Waals surface area contributed by atoms with Crippen molar-refractivity contribution in [2.24, 2.45) is 5.41 Å². The second-order valence-corrected chi connectivity index (χ2v) is 15.9. The Balaban J connectivity index is 1.77. The molecule has 242 valence electrons. The van der Waals surface area contributed by atoms with Crippen molar-refractivity contribution in [3.05, 3.63) is 69.7 Å². The molecule has 1 amide bonds. The topological polar surface area (TPSA) is 115 Å². The van der Waals surface area contributed by atoms with E-state index in [0.29, 0.717) is 48.6 Å². The summed E-state index contributed by atoms with van der Waals surface area (Å²) in [6.45, 7) is 3.55. The summed E-state index contributed by atoms with van der Waals surface area (Å²) in [4.78, 5) is 29.9. The molecule has 2 aromatic rings. The van der Waals surface area contributed by atoms with Gasteiger partial charge >= 0.3 is 0 Å². The molecule has 1 aliphatic heterocycles. The van der Waals surface area contributed by atoms with Crippen LogP contribution >= 0.6 is 23.2 Å². The molecule has 11 heteroatoms. The minimum atomic E-state index is -3.49. The molecule has 0 radical (unpaired) electrons. The van der Waals surface area contributed by atoms with Crippen LogP contribution in [0.25, 0.3) is 0 Å². The number of Topliss-reactive ketones (excluding diaryl/α,β-unsaturated/α-hetero) is 1. The standard InChI is InChI=1S/C33H44Cl2N2O6S/c1-4-26(20-36(3)44(42,43)29-15-16-29)37-31(22-11-13-24(34)14-12-22)30(23-7-5-8-25(35)17-23)19-33(2,32(37)41)18-27(39)9-6-10-28(40)21-38/h5,7-8,11-14,17,26,28-31,38,40H,4,6,9-10,15-16,18-21H2,1-3H3/t26-,28?,30+,31?,33-/m0/s1. The molecule has 2 unspecified atom stereocenters. The number of ketones is 1. The number of hydrogen-bond acceptors (Lipinski definition) is 6. The highest BCUT2D eigenvalue weighted by Gasteiger charge is 2.52. The molecule has 2 aromatic carbocycles. The van der Waals surface area contributed by atoms with E-state index in [4.69, 9.17) is 28.3 Å². The van der Waals surface area contributed by atoms with Gasteiger partial charge in [-0.3, -0.25) is 9.59 Å². The monoisotopic (exact) mass is 666 g/mol. The summed E-state index contributed by atoms with van der Waals surface area (Å²) in [6.07, 6.45) is 2.18. The Hall–Kier alpha value is -2.01. The van der Waals surface area contributed by atoms with Gasteiger partial charge < -0.3 is 15.1 Å². The zero-order valence-electron chi connectivity index (χ0n) is 25.7. The first-order chi connectivity index (χ1) is 20.8. The molecule has 2 N–H and O–H groups in total. The first-order valence-corrected chi connectivity index (χ1v) is 17.7. The number of halogens is 2. The normalized spacial score (nSPS) is 24.0. The fourth-order valence-corrected chi connectivity index (χ4v) is 8.48. The van der Waals surface area contributed by atoms with Gasteiger partial charge in [0.05, 0.1) is 29.4 Å². The number of likely N-dealkylation sites (N-methyl/N-ethyl adjacent to an activating group) is 1. The van der Waals surface area contributed by atoms with Crippen molar-refractivity contribution >= 4 is 44.9 Å². The summed E-state index contributed by atoms with van der Waals surface area (Å²) in [5, 5.41) is 19.6. The van der Waals surface area contributed by atoms with Gasteiger partial charge in [-0.05, 0) is 73.9 Å². The van der Waals surface area contributed by atoms with Crippen molar-refractivity contribution in [3.8, 4) is 0 Å². The number of likely N-dealkylation sites (tertiary alicyclic amines) is 1. The third-order valence-electron chi connectivity index (χ3n) is 9.09. The Labute approximate surface area is 271 Å². The molecule has 44 heavy (non-hydrogen) atoms. The third kappa shape index (κ3) is 8.03. The number of sulfonamides is 1. The average Bonchev–Trinajstić information content (AvgIpc) is 3.84. The van der Waals surface area contributed by atoms with E-state index >= 15 is 0 Å². The minimum absolute atomic E-state index is 0.00854. The number of carbonyl (C=O) groups is 2. The van der Waals surface area contributed by atoms with E-state index < -0.39 is 33.6 Å². The van der Waals surface area contributed by atoms with Crippen molar-refractivity contribution in [3.63, 3.8) is 0 Å². The van der Waals surface area contributed by atoms with E-state index in [9.17, 15) is 23.1 Å². The van der Waals surface area contributed by atoms with Crippen LogP contribution in [0.4, 0.5) is 0 Å². The van der Waals surface area contributed by atoms with E-state index in [1.54, 1.807) is 25.2 Å². The number of piperidine rings is 1. The molecule has 0 bridgehead atoms. The average molecular weight is 668 g/mol. The van der Waals surface area contributed by atoms with E-state index in [1.807, 2.05) is 49.1 Å². The smallest absolute Gasteiger partial charge is 0.229 e. The van der Waals surface area contributed by atoms with Gasteiger partial charge in [-0.1, -0.05) is 61.3 Å². The van der Waals surface area contributed by atoms with Crippen LogP contribution in [0.15, 0.2) is 48.5 Å². The number of rotatable bonds is 15. The van der Waals surface area contributed by atoms with E-state index in [-0.39, 0.29) is 48.9 Å². The summed E-state index contributed by atoms with van der Waals surface area (Å²) in [5.41, 5.74) is 0.725. The van der Waals surface area contributed by atoms with Crippen LogP contribution in [0.2, 0.25) is 10.0 Å². The van der Waals surface area contributed by atoms with E-state index in [0.717, 1.165) is 11.1 Å². The van der Waals surface area contributed by atoms with Crippen LogP contribution in [0, 0.1) is 5.41 Å².